The number of nitrogens with one attached hydrogen (secondary N) is 1. The van der Waals surface area contributed by atoms with Gasteiger partial charge in [0.25, 0.3) is 0 Å². The first-order valence-electron chi connectivity index (χ1n) is 8.74. The number of rotatable bonds is 5. The summed E-state index contributed by atoms with van der Waals surface area (Å²) in [6.07, 6.45) is 5.14. The molecule has 0 atom stereocenters. The molecule has 3 aromatic rings. The van der Waals surface area contributed by atoms with Gasteiger partial charge in [0, 0.05) is 38.1 Å². The third-order valence-corrected chi connectivity index (χ3v) is 4.47. The molecule has 0 bridgehead atoms. The Morgan fingerprint density at radius 1 is 1.22 bits per heavy atom. The van der Waals surface area contributed by atoms with Gasteiger partial charge in [-0.2, -0.15) is 0 Å². The van der Waals surface area contributed by atoms with Crippen molar-refractivity contribution >= 4 is 28.3 Å². The van der Waals surface area contributed by atoms with Crippen molar-refractivity contribution in [3.63, 3.8) is 0 Å². The smallest absolute Gasteiger partial charge is 0.241 e. The molecule has 0 aliphatic carbocycles. The molecule has 27 heavy (non-hydrogen) atoms. The number of fused-ring (bicyclic) bond motifs is 1. The zero-order chi connectivity index (χ0) is 19.8. The maximum Gasteiger partial charge on any atom is 0.241 e. The molecule has 0 aromatic carbocycles. The van der Waals surface area contributed by atoms with Crippen LogP contribution in [-0.2, 0) is 17.0 Å². The van der Waals surface area contributed by atoms with Gasteiger partial charge >= 0.3 is 0 Å². The van der Waals surface area contributed by atoms with E-state index in [4.69, 9.17) is 0 Å². The number of carbonyl (C=O) groups excluding carboxylic acids is 1. The summed E-state index contributed by atoms with van der Waals surface area (Å²) in [4.78, 5) is 22.3. The van der Waals surface area contributed by atoms with Gasteiger partial charge in [0.1, 0.15) is 23.7 Å². The van der Waals surface area contributed by atoms with Crippen LogP contribution < -0.4 is 5.32 Å². The van der Waals surface area contributed by atoms with Crippen molar-refractivity contribution in [1.29, 1.82) is 0 Å². The van der Waals surface area contributed by atoms with Gasteiger partial charge in [-0.05, 0) is 44.5 Å². The zero-order valence-electron chi connectivity index (χ0n) is 16.2. The summed E-state index contributed by atoms with van der Waals surface area (Å²) in [5.41, 5.74) is 1.12. The van der Waals surface area contributed by atoms with Gasteiger partial charge in [0.2, 0.25) is 5.91 Å². The maximum atomic E-state index is 14.6. The van der Waals surface area contributed by atoms with E-state index in [2.05, 4.69) is 15.3 Å². The number of likely N-dealkylation sites (N-methyl/N-ethyl adjacent to an activating group) is 1. The second-order valence-electron chi connectivity index (χ2n) is 7.27. The summed E-state index contributed by atoms with van der Waals surface area (Å²) in [6, 6.07) is 5.60. The fourth-order valence-electron chi connectivity index (χ4n) is 2.93. The van der Waals surface area contributed by atoms with Crippen molar-refractivity contribution in [2.24, 2.45) is 0 Å². The fourth-order valence-corrected chi connectivity index (χ4v) is 2.93. The van der Waals surface area contributed by atoms with E-state index in [0.717, 1.165) is 16.5 Å². The van der Waals surface area contributed by atoms with Crippen molar-refractivity contribution < 1.29 is 9.18 Å². The molecule has 3 heterocycles. The molecule has 1 N–H and O–H groups in total. The van der Waals surface area contributed by atoms with E-state index in [-0.39, 0.29) is 12.5 Å². The van der Waals surface area contributed by atoms with Gasteiger partial charge in [-0.1, -0.05) is 0 Å². The Kier molecular flexibility index (Phi) is 4.87. The zero-order valence-corrected chi connectivity index (χ0v) is 16.2. The molecule has 0 saturated carbocycles. The molecule has 0 spiro atoms. The van der Waals surface area contributed by atoms with Gasteiger partial charge in [-0.25, -0.2) is 9.37 Å². The minimum atomic E-state index is -1.59. The minimum absolute atomic E-state index is 0.00314. The number of hydrogen-bond donors (Lipinski definition) is 1. The second kappa shape index (κ2) is 6.98. The average molecular weight is 369 g/mol. The van der Waals surface area contributed by atoms with Crippen LogP contribution in [0.25, 0.3) is 10.9 Å². The molecule has 0 unspecified atom stereocenters. The number of nitrogens with zero attached hydrogens (tertiary/aromatic N) is 4. The normalized spacial score (nSPS) is 11.6. The van der Waals surface area contributed by atoms with E-state index in [0.29, 0.717) is 17.2 Å². The summed E-state index contributed by atoms with van der Waals surface area (Å²) >= 11 is 0. The highest BCUT2D eigenvalue weighted by Crippen LogP contribution is 2.34. The van der Waals surface area contributed by atoms with Gasteiger partial charge in [-0.3, -0.25) is 9.78 Å². The van der Waals surface area contributed by atoms with E-state index >= 15 is 0 Å². The summed E-state index contributed by atoms with van der Waals surface area (Å²) in [7, 11) is 3.46. The molecular formula is C20H24FN5O. The Bertz CT molecular complexity index is 988. The molecule has 142 valence electrons. The van der Waals surface area contributed by atoms with Crippen molar-refractivity contribution in [3.05, 3.63) is 48.0 Å². The molecule has 0 fully saturated rings. The van der Waals surface area contributed by atoms with Gasteiger partial charge in [0.15, 0.2) is 0 Å². The number of pyridine rings is 2. The minimum Gasteiger partial charge on any atom is -0.347 e. The molecule has 0 radical (unpaired) electrons. The summed E-state index contributed by atoms with van der Waals surface area (Å²) in [6.45, 7) is 5.11. The predicted molar refractivity (Wildman–Crippen MR) is 105 cm³/mol. The number of halogens is 1. The van der Waals surface area contributed by atoms with Crippen LogP contribution >= 0.6 is 0 Å². The van der Waals surface area contributed by atoms with Crippen molar-refractivity contribution in [1.82, 2.24) is 19.4 Å². The number of carbonyl (C=O) groups is 1. The Hall–Kier alpha value is -2.96. The Morgan fingerprint density at radius 3 is 2.59 bits per heavy atom. The number of anilines is 2. The molecule has 0 aliphatic heterocycles. The van der Waals surface area contributed by atoms with Crippen LogP contribution in [-0.4, -0.2) is 39.4 Å². The number of hydrogen-bond acceptors (Lipinski definition) is 4. The van der Waals surface area contributed by atoms with Crippen molar-refractivity contribution in [3.8, 4) is 0 Å². The lowest BCUT2D eigenvalue weighted by atomic mass is 10.0. The largest absolute Gasteiger partial charge is 0.347 e. The molecule has 1 amide bonds. The first kappa shape index (κ1) is 18.8. The van der Waals surface area contributed by atoms with E-state index in [1.54, 1.807) is 31.4 Å². The van der Waals surface area contributed by atoms with Gasteiger partial charge in [0.05, 0.1) is 11.2 Å². The lowest BCUT2D eigenvalue weighted by Crippen LogP contribution is -2.25. The molecular weight excluding hydrogens is 345 g/mol. The molecule has 0 aliphatic rings. The Morgan fingerprint density at radius 2 is 1.93 bits per heavy atom. The van der Waals surface area contributed by atoms with E-state index < -0.39 is 5.67 Å². The molecule has 0 saturated heterocycles. The highest BCUT2D eigenvalue weighted by molar-refractivity contribution is 5.93. The first-order valence-corrected chi connectivity index (χ1v) is 8.74. The third-order valence-electron chi connectivity index (χ3n) is 4.47. The molecule has 6 nitrogen and oxygen atoms in total. The quantitative estimate of drug-likeness (QED) is 0.743. The second-order valence-corrected chi connectivity index (χ2v) is 7.27. The number of aromatic nitrogens is 3. The fraction of sp³-hybridized carbons (Fsp3) is 0.350. The topological polar surface area (TPSA) is 63.1 Å². The number of amides is 1. The van der Waals surface area contributed by atoms with Crippen LogP contribution in [0.5, 0.6) is 0 Å². The maximum absolute atomic E-state index is 14.6. The number of alkyl halides is 1. The van der Waals surface area contributed by atoms with Gasteiger partial charge < -0.3 is 14.8 Å². The number of aryl methyl sites for hydroxylation is 1. The Labute approximate surface area is 158 Å². The lowest BCUT2D eigenvalue weighted by Gasteiger charge is -2.20. The summed E-state index contributed by atoms with van der Waals surface area (Å²) in [5, 5.41) is 4.11. The van der Waals surface area contributed by atoms with Crippen LogP contribution in [0, 0.1) is 6.92 Å². The van der Waals surface area contributed by atoms with E-state index in [1.807, 2.05) is 35.9 Å². The third kappa shape index (κ3) is 3.77. The summed E-state index contributed by atoms with van der Waals surface area (Å²) in [5.74, 6) is 0.605. The average Bonchev–Trinajstić information content (AvgIpc) is 2.99. The molecule has 3 rings (SSSR count). The highest BCUT2D eigenvalue weighted by Gasteiger charge is 2.26. The van der Waals surface area contributed by atoms with Crippen molar-refractivity contribution in [2.75, 3.05) is 19.4 Å². The highest BCUT2D eigenvalue weighted by atomic mass is 19.1. The van der Waals surface area contributed by atoms with Crippen LogP contribution in [0.3, 0.4) is 0 Å². The van der Waals surface area contributed by atoms with Gasteiger partial charge in [-0.15, -0.1) is 0 Å². The lowest BCUT2D eigenvalue weighted by molar-refractivity contribution is -0.129. The van der Waals surface area contributed by atoms with Crippen LogP contribution in [0.1, 0.15) is 25.1 Å². The molecule has 7 heteroatoms. The summed E-state index contributed by atoms with van der Waals surface area (Å²) < 4.78 is 16.5. The monoisotopic (exact) mass is 369 g/mol. The van der Waals surface area contributed by atoms with E-state index in [1.165, 1.54) is 13.8 Å². The van der Waals surface area contributed by atoms with Crippen LogP contribution in [0.4, 0.5) is 15.9 Å². The molecule has 3 aromatic heterocycles. The van der Waals surface area contributed by atoms with Crippen LogP contribution in [0.2, 0.25) is 0 Å². The van der Waals surface area contributed by atoms with Crippen molar-refractivity contribution in [2.45, 2.75) is 33.0 Å². The Balaban J connectivity index is 2.03. The standard InChI is InChI=1S/C20H24FN5O/c1-13-6-9-22-18(20(2,3)21)17(13)24-19-14-8-11-26(12-16(27)25(4)5)15(14)7-10-23-19/h6-11H,12H2,1-5H3,(H,23,24). The van der Waals surface area contributed by atoms with Crippen LogP contribution in [0.15, 0.2) is 36.8 Å². The van der Waals surface area contributed by atoms with E-state index in [9.17, 15) is 9.18 Å². The SMILES string of the molecule is Cc1ccnc(C(C)(C)F)c1Nc1nccc2c1ccn2CC(=O)N(C)C. The predicted octanol–water partition coefficient (Wildman–Crippen LogP) is 3.78. The first-order chi connectivity index (χ1) is 12.7.